The molecule has 0 radical (unpaired) electrons. The molecule has 2 heterocycles. The normalized spacial score (nSPS) is 39.7. The SMILES string of the molecule is C1=CC23Oc4ccccc4C2(C=C1)O3. The molecule has 4 rings (SSSR count). The van der Waals surface area contributed by atoms with E-state index in [0.717, 1.165) is 11.3 Å². The highest BCUT2D eigenvalue weighted by Gasteiger charge is 2.76. The van der Waals surface area contributed by atoms with E-state index >= 15 is 0 Å². The molecule has 2 aliphatic heterocycles. The van der Waals surface area contributed by atoms with E-state index in [2.05, 4.69) is 12.1 Å². The predicted molar refractivity (Wildman–Crippen MR) is 50.8 cm³/mol. The average molecular weight is 184 g/mol. The van der Waals surface area contributed by atoms with Gasteiger partial charge in [-0.05, 0) is 18.2 Å². The first kappa shape index (κ1) is 6.85. The van der Waals surface area contributed by atoms with Gasteiger partial charge in [0.05, 0.1) is 0 Å². The molecule has 1 aromatic carbocycles. The number of epoxide rings is 1. The number of benzene rings is 1. The zero-order valence-corrected chi connectivity index (χ0v) is 7.44. The zero-order valence-electron chi connectivity index (χ0n) is 7.44. The van der Waals surface area contributed by atoms with E-state index in [0.29, 0.717) is 0 Å². The minimum atomic E-state index is -0.522. The Balaban J connectivity index is 2.02. The van der Waals surface area contributed by atoms with Gasteiger partial charge in [0.15, 0.2) is 5.60 Å². The molecule has 0 saturated carbocycles. The lowest BCUT2D eigenvalue weighted by Crippen LogP contribution is -2.21. The molecular weight excluding hydrogens is 176 g/mol. The predicted octanol–water partition coefficient (Wildman–Crippen LogP) is 2.13. The lowest BCUT2D eigenvalue weighted by Gasteiger charge is -2.06. The summed E-state index contributed by atoms with van der Waals surface area (Å²) in [6.45, 7) is 0. The molecular formula is C12H8O2. The Labute approximate surface area is 81.5 Å². The minimum absolute atomic E-state index is 0.321. The van der Waals surface area contributed by atoms with Crippen LogP contribution in [0.3, 0.4) is 0 Å². The molecule has 1 aliphatic carbocycles. The van der Waals surface area contributed by atoms with Gasteiger partial charge in [0.2, 0.25) is 0 Å². The van der Waals surface area contributed by atoms with Crippen molar-refractivity contribution >= 4 is 0 Å². The monoisotopic (exact) mass is 184 g/mol. The van der Waals surface area contributed by atoms with Gasteiger partial charge in [-0.3, -0.25) is 0 Å². The standard InChI is InChI=1S/C12H8O2/c1-2-6-10-9(5-1)11-7-3-4-8-12(11,13-10)14-11/h1-8H. The zero-order chi connectivity index (χ0) is 9.23. The summed E-state index contributed by atoms with van der Waals surface area (Å²) in [4.78, 5) is 0. The van der Waals surface area contributed by atoms with Gasteiger partial charge >= 0.3 is 0 Å². The van der Waals surface area contributed by atoms with E-state index in [1.807, 2.05) is 36.4 Å². The lowest BCUT2D eigenvalue weighted by atomic mass is 9.92. The molecule has 2 nitrogen and oxygen atoms in total. The van der Waals surface area contributed by atoms with Gasteiger partial charge in [0.1, 0.15) is 5.75 Å². The fraction of sp³-hybridized carbons (Fsp3) is 0.167. The van der Waals surface area contributed by atoms with Crippen LogP contribution < -0.4 is 4.74 Å². The van der Waals surface area contributed by atoms with Crippen LogP contribution >= 0.6 is 0 Å². The molecule has 1 saturated heterocycles. The number of rotatable bonds is 0. The largest absolute Gasteiger partial charge is 0.454 e. The van der Waals surface area contributed by atoms with Crippen molar-refractivity contribution in [2.75, 3.05) is 0 Å². The highest BCUT2D eigenvalue weighted by molar-refractivity contribution is 5.56. The van der Waals surface area contributed by atoms with Crippen LogP contribution in [0.4, 0.5) is 0 Å². The Bertz CT molecular complexity index is 489. The summed E-state index contributed by atoms with van der Waals surface area (Å²) in [6.07, 6.45) is 8.03. The third-order valence-corrected chi connectivity index (χ3v) is 3.10. The van der Waals surface area contributed by atoms with Gasteiger partial charge in [-0.2, -0.15) is 0 Å². The molecule has 2 atom stereocenters. The van der Waals surface area contributed by atoms with Crippen molar-refractivity contribution in [3.63, 3.8) is 0 Å². The summed E-state index contributed by atoms with van der Waals surface area (Å²) in [7, 11) is 0. The van der Waals surface area contributed by atoms with Crippen molar-refractivity contribution in [3.05, 3.63) is 54.1 Å². The topological polar surface area (TPSA) is 21.8 Å². The fourth-order valence-corrected chi connectivity index (χ4v) is 2.38. The molecule has 0 bridgehead atoms. The van der Waals surface area contributed by atoms with Crippen LogP contribution in [0, 0.1) is 0 Å². The summed E-state index contributed by atoms with van der Waals surface area (Å²) in [6, 6.07) is 8.05. The van der Waals surface area contributed by atoms with Crippen molar-refractivity contribution < 1.29 is 9.47 Å². The number of hydrogen-bond donors (Lipinski definition) is 0. The van der Waals surface area contributed by atoms with E-state index in [-0.39, 0.29) is 5.60 Å². The summed E-state index contributed by atoms with van der Waals surface area (Å²) in [5.41, 5.74) is 0.818. The molecule has 3 aliphatic rings. The maximum absolute atomic E-state index is 5.80. The summed E-state index contributed by atoms with van der Waals surface area (Å²) in [5.74, 6) is 0.417. The Kier molecular flexibility index (Phi) is 0.876. The first-order valence-electron chi connectivity index (χ1n) is 4.72. The molecule has 68 valence electrons. The van der Waals surface area contributed by atoms with Gasteiger partial charge < -0.3 is 9.47 Å². The molecule has 2 unspecified atom stereocenters. The van der Waals surface area contributed by atoms with Crippen LogP contribution in [-0.2, 0) is 10.3 Å². The highest BCUT2D eigenvalue weighted by Crippen LogP contribution is 2.66. The second-order valence-corrected chi connectivity index (χ2v) is 3.82. The van der Waals surface area contributed by atoms with E-state index in [9.17, 15) is 0 Å². The van der Waals surface area contributed by atoms with Crippen molar-refractivity contribution in [2.45, 2.75) is 11.4 Å². The van der Waals surface area contributed by atoms with E-state index in [1.54, 1.807) is 0 Å². The van der Waals surface area contributed by atoms with Gasteiger partial charge in [-0.1, -0.05) is 30.4 Å². The molecule has 0 spiro atoms. The number of fused-ring (bicyclic) bond motifs is 1. The highest BCUT2D eigenvalue weighted by atomic mass is 16.8. The molecule has 0 aromatic heterocycles. The Hall–Kier alpha value is -1.54. The van der Waals surface area contributed by atoms with Crippen molar-refractivity contribution in [1.29, 1.82) is 0 Å². The maximum Gasteiger partial charge on any atom is 0.269 e. The summed E-state index contributed by atoms with van der Waals surface area (Å²) >= 11 is 0. The second kappa shape index (κ2) is 1.79. The van der Waals surface area contributed by atoms with Gasteiger partial charge in [0, 0.05) is 5.56 Å². The molecule has 1 fully saturated rings. The molecule has 0 N–H and O–H groups in total. The third kappa shape index (κ3) is 0.519. The van der Waals surface area contributed by atoms with Crippen LogP contribution in [0.1, 0.15) is 5.56 Å². The van der Waals surface area contributed by atoms with Crippen molar-refractivity contribution in [1.82, 2.24) is 0 Å². The summed E-state index contributed by atoms with van der Waals surface area (Å²) in [5, 5.41) is 0. The Morgan fingerprint density at radius 1 is 1.00 bits per heavy atom. The number of para-hydroxylation sites is 1. The van der Waals surface area contributed by atoms with Crippen LogP contribution in [0.25, 0.3) is 0 Å². The first-order chi connectivity index (χ1) is 6.86. The first-order valence-corrected chi connectivity index (χ1v) is 4.72. The number of ether oxygens (including phenoxy) is 2. The second-order valence-electron chi connectivity index (χ2n) is 3.82. The van der Waals surface area contributed by atoms with Gasteiger partial charge in [-0.15, -0.1) is 0 Å². The quantitative estimate of drug-likeness (QED) is 0.576. The lowest BCUT2D eigenvalue weighted by molar-refractivity contribution is 0.104. The molecule has 1 aromatic rings. The maximum atomic E-state index is 5.80. The van der Waals surface area contributed by atoms with Crippen LogP contribution in [0.2, 0.25) is 0 Å². The Morgan fingerprint density at radius 2 is 1.86 bits per heavy atom. The Morgan fingerprint density at radius 3 is 2.86 bits per heavy atom. The fourth-order valence-electron chi connectivity index (χ4n) is 2.38. The van der Waals surface area contributed by atoms with Crippen molar-refractivity contribution in [2.24, 2.45) is 0 Å². The smallest absolute Gasteiger partial charge is 0.269 e. The number of allylic oxidation sites excluding steroid dienone is 2. The number of hydrogen-bond acceptors (Lipinski definition) is 2. The van der Waals surface area contributed by atoms with E-state index in [4.69, 9.17) is 9.47 Å². The van der Waals surface area contributed by atoms with Crippen LogP contribution in [0.5, 0.6) is 5.75 Å². The van der Waals surface area contributed by atoms with Gasteiger partial charge in [-0.25, -0.2) is 0 Å². The minimum Gasteiger partial charge on any atom is -0.454 e. The average Bonchev–Trinajstić information content (AvgIpc) is 2.80. The van der Waals surface area contributed by atoms with Crippen LogP contribution in [-0.4, -0.2) is 5.79 Å². The molecule has 0 amide bonds. The van der Waals surface area contributed by atoms with Crippen molar-refractivity contribution in [3.8, 4) is 5.75 Å². The molecule has 2 heteroatoms. The third-order valence-electron chi connectivity index (χ3n) is 3.10. The van der Waals surface area contributed by atoms with Gasteiger partial charge in [0.25, 0.3) is 5.79 Å². The van der Waals surface area contributed by atoms with E-state index in [1.165, 1.54) is 0 Å². The molecule has 14 heavy (non-hydrogen) atoms. The van der Waals surface area contributed by atoms with E-state index < -0.39 is 5.79 Å². The van der Waals surface area contributed by atoms with Crippen LogP contribution in [0.15, 0.2) is 48.6 Å². The summed E-state index contributed by atoms with van der Waals surface area (Å²) < 4.78 is 11.5.